The van der Waals surface area contributed by atoms with Crippen molar-refractivity contribution in [2.24, 2.45) is 23.7 Å². The van der Waals surface area contributed by atoms with Crippen LogP contribution in [0.3, 0.4) is 0 Å². The van der Waals surface area contributed by atoms with Gasteiger partial charge in [-0.15, -0.1) is 0 Å². The van der Waals surface area contributed by atoms with Gasteiger partial charge in [0.05, 0.1) is 6.61 Å². The summed E-state index contributed by atoms with van der Waals surface area (Å²) in [5.41, 5.74) is 2.77. The number of allylic oxidation sites excluding steroid dienone is 2. The molecule has 0 aliphatic heterocycles. The maximum Gasteiger partial charge on any atom is 0.0713 e. The molecule has 0 bridgehead atoms. The molecule has 192 valence electrons. The zero-order valence-electron chi connectivity index (χ0n) is 22.6. The highest BCUT2D eigenvalue weighted by Crippen LogP contribution is 2.36. The van der Waals surface area contributed by atoms with Crippen LogP contribution >= 0.6 is 0 Å². The molecule has 0 N–H and O–H groups in total. The first-order chi connectivity index (χ1) is 16.8. The van der Waals surface area contributed by atoms with Gasteiger partial charge in [0.2, 0.25) is 0 Å². The van der Waals surface area contributed by atoms with Crippen molar-refractivity contribution in [2.45, 2.75) is 129 Å². The molecule has 3 rings (SSSR count). The fraction of sp³-hybridized carbons (Fsp3) is 0.758. The Bertz CT molecular complexity index is 644. The molecule has 0 heterocycles. The van der Waals surface area contributed by atoms with Gasteiger partial charge in [0.15, 0.2) is 0 Å². The van der Waals surface area contributed by atoms with Crippen LogP contribution in [0.4, 0.5) is 0 Å². The second-order valence-electron chi connectivity index (χ2n) is 11.7. The average molecular weight is 467 g/mol. The Morgan fingerprint density at radius 1 is 0.706 bits per heavy atom. The second kappa shape index (κ2) is 16.6. The zero-order valence-corrected chi connectivity index (χ0v) is 22.6. The van der Waals surface area contributed by atoms with Gasteiger partial charge >= 0.3 is 0 Å². The SMILES string of the molecule is CCC/C=C/C1CCC(CCCCC2CCC(CCCCc3ccc(COC)cc3)CC2)CC1. The number of unbranched alkanes of at least 4 members (excludes halogenated alkanes) is 3. The zero-order chi connectivity index (χ0) is 23.8. The number of rotatable bonds is 15. The van der Waals surface area contributed by atoms with Crippen LogP contribution in [0.1, 0.15) is 127 Å². The molecular weight excluding hydrogens is 412 g/mol. The highest BCUT2D eigenvalue weighted by molar-refractivity contribution is 5.22. The smallest absolute Gasteiger partial charge is 0.0713 e. The minimum Gasteiger partial charge on any atom is -0.380 e. The summed E-state index contributed by atoms with van der Waals surface area (Å²) in [5.74, 6) is 3.99. The summed E-state index contributed by atoms with van der Waals surface area (Å²) in [5, 5.41) is 0. The Labute approximate surface area is 212 Å². The lowest BCUT2D eigenvalue weighted by molar-refractivity contribution is 0.185. The van der Waals surface area contributed by atoms with Crippen molar-refractivity contribution < 1.29 is 4.74 Å². The van der Waals surface area contributed by atoms with Crippen LogP contribution in [0.25, 0.3) is 0 Å². The molecule has 0 unspecified atom stereocenters. The van der Waals surface area contributed by atoms with Crippen molar-refractivity contribution in [1.82, 2.24) is 0 Å². The third-order valence-corrected chi connectivity index (χ3v) is 8.86. The van der Waals surface area contributed by atoms with E-state index < -0.39 is 0 Å². The van der Waals surface area contributed by atoms with Crippen molar-refractivity contribution in [3.05, 3.63) is 47.5 Å². The highest BCUT2D eigenvalue weighted by atomic mass is 16.5. The van der Waals surface area contributed by atoms with Gasteiger partial charge in [-0.05, 0) is 79.7 Å². The monoisotopic (exact) mass is 466 g/mol. The normalized spacial score (nSPS) is 25.7. The Morgan fingerprint density at radius 2 is 1.21 bits per heavy atom. The van der Waals surface area contributed by atoms with Crippen LogP contribution in [-0.4, -0.2) is 7.11 Å². The molecule has 2 fully saturated rings. The fourth-order valence-corrected chi connectivity index (χ4v) is 6.53. The van der Waals surface area contributed by atoms with Crippen molar-refractivity contribution in [3.8, 4) is 0 Å². The number of aryl methyl sites for hydroxylation is 1. The summed E-state index contributed by atoms with van der Waals surface area (Å²) in [6, 6.07) is 9.02. The van der Waals surface area contributed by atoms with E-state index in [2.05, 4.69) is 43.3 Å². The van der Waals surface area contributed by atoms with Crippen molar-refractivity contribution in [3.63, 3.8) is 0 Å². The van der Waals surface area contributed by atoms with Crippen molar-refractivity contribution >= 4 is 0 Å². The van der Waals surface area contributed by atoms with Crippen LogP contribution in [0.15, 0.2) is 36.4 Å². The molecule has 0 radical (unpaired) electrons. The first kappa shape index (κ1) is 27.5. The van der Waals surface area contributed by atoms with Gasteiger partial charge in [-0.25, -0.2) is 0 Å². The Balaban J connectivity index is 1.16. The van der Waals surface area contributed by atoms with E-state index in [1.54, 1.807) is 7.11 Å². The van der Waals surface area contributed by atoms with Gasteiger partial charge < -0.3 is 4.74 Å². The molecule has 0 amide bonds. The molecule has 1 nitrogen and oxygen atoms in total. The summed E-state index contributed by atoms with van der Waals surface area (Å²) < 4.78 is 5.21. The molecular formula is C33H54O. The summed E-state index contributed by atoms with van der Waals surface area (Å²) in [4.78, 5) is 0. The predicted molar refractivity (Wildman–Crippen MR) is 148 cm³/mol. The van der Waals surface area contributed by atoms with E-state index in [4.69, 9.17) is 4.74 Å². The second-order valence-corrected chi connectivity index (χ2v) is 11.7. The molecule has 0 saturated heterocycles. The van der Waals surface area contributed by atoms with Crippen LogP contribution in [0.5, 0.6) is 0 Å². The lowest BCUT2D eigenvalue weighted by Gasteiger charge is -2.29. The van der Waals surface area contributed by atoms with E-state index in [1.807, 2.05) is 0 Å². The van der Waals surface area contributed by atoms with Crippen molar-refractivity contribution in [1.29, 1.82) is 0 Å². The van der Waals surface area contributed by atoms with E-state index in [-0.39, 0.29) is 0 Å². The predicted octanol–water partition coefficient (Wildman–Crippen LogP) is 10.1. The maximum atomic E-state index is 5.21. The molecule has 0 aromatic heterocycles. The average Bonchev–Trinajstić information content (AvgIpc) is 2.87. The van der Waals surface area contributed by atoms with E-state index >= 15 is 0 Å². The number of methoxy groups -OCH3 is 1. The summed E-state index contributed by atoms with van der Waals surface area (Å²) in [7, 11) is 1.77. The largest absolute Gasteiger partial charge is 0.380 e. The first-order valence-corrected chi connectivity index (χ1v) is 15.0. The van der Waals surface area contributed by atoms with Crippen molar-refractivity contribution in [2.75, 3.05) is 7.11 Å². The number of ether oxygens (including phenoxy) is 1. The molecule has 1 aromatic carbocycles. The van der Waals surface area contributed by atoms with Gasteiger partial charge in [-0.2, -0.15) is 0 Å². The van der Waals surface area contributed by atoms with Gasteiger partial charge in [0.1, 0.15) is 0 Å². The lowest BCUT2D eigenvalue weighted by Crippen LogP contribution is -2.15. The Morgan fingerprint density at radius 3 is 1.74 bits per heavy atom. The number of benzene rings is 1. The lowest BCUT2D eigenvalue weighted by atomic mass is 9.77. The van der Waals surface area contributed by atoms with Gasteiger partial charge in [-0.1, -0.05) is 114 Å². The fourth-order valence-electron chi connectivity index (χ4n) is 6.53. The Kier molecular flexibility index (Phi) is 13.4. The first-order valence-electron chi connectivity index (χ1n) is 15.0. The molecule has 0 spiro atoms. The summed E-state index contributed by atoms with van der Waals surface area (Å²) in [6.07, 6.45) is 30.9. The van der Waals surface area contributed by atoms with Crippen LogP contribution < -0.4 is 0 Å². The summed E-state index contributed by atoms with van der Waals surface area (Å²) >= 11 is 0. The molecule has 1 heteroatoms. The van der Waals surface area contributed by atoms with Gasteiger partial charge in [-0.3, -0.25) is 0 Å². The highest BCUT2D eigenvalue weighted by Gasteiger charge is 2.22. The van der Waals surface area contributed by atoms with E-state index in [9.17, 15) is 0 Å². The van der Waals surface area contributed by atoms with Gasteiger partial charge in [0.25, 0.3) is 0 Å². The molecule has 2 saturated carbocycles. The van der Waals surface area contributed by atoms with Gasteiger partial charge in [0, 0.05) is 7.11 Å². The Hall–Kier alpha value is -1.08. The molecule has 34 heavy (non-hydrogen) atoms. The van der Waals surface area contributed by atoms with Crippen LogP contribution in [0.2, 0.25) is 0 Å². The molecule has 0 atom stereocenters. The van der Waals surface area contributed by atoms with E-state index in [1.165, 1.54) is 127 Å². The topological polar surface area (TPSA) is 9.23 Å². The van der Waals surface area contributed by atoms with E-state index in [0.717, 1.165) is 30.3 Å². The molecule has 2 aliphatic carbocycles. The molecule has 2 aliphatic rings. The minimum absolute atomic E-state index is 0.723. The van der Waals surface area contributed by atoms with E-state index in [0.29, 0.717) is 0 Å². The third-order valence-electron chi connectivity index (χ3n) is 8.86. The number of hydrogen-bond donors (Lipinski definition) is 0. The third kappa shape index (κ3) is 10.7. The maximum absolute atomic E-state index is 5.21. The summed E-state index contributed by atoms with van der Waals surface area (Å²) in [6.45, 7) is 3.00. The quantitative estimate of drug-likeness (QED) is 0.184. The molecule has 1 aromatic rings. The van der Waals surface area contributed by atoms with Crippen LogP contribution in [-0.2, 0) is 17.8 Å². The standard InChI is InChI=1S/C33H54O/c1-3-4-5-10-28-15-17-29(18-16-28)11-6-7-12-30-19-21-31(22-20-30)13-8-9-14-32-23-25-33(26-24-32)27-34-2/h5,10,23-26,28-31H,3-4,6-9,11-22,27H2,1-2H3/b10-5+. The van der Waals surface area contributed by atoms with Crippen LogP contribution in [0, 0.1) is 23.7 Å². The number of hydrogen-bond acceptors (Lipinski definition) is 1. The minimum atomic E-state index is 0.723.